The lowest BCUT2D eigenvalue weighted by Gasteiger charge is -2.19. The Labute approximate surface area is 174 Å². The van der Waals surface area contributed by atoms with Gasteiger partial charge in [0.05, 0.1) is 10.8 Å². The Morgan fingerprint density at radius 1 is 1.29 bits per heavy atom. The van der Waals surface area contributed by atoms with Gasteiger partial charge in [0.2, 0.25) is 5.91 Å². The van der Waals surface area contributed by atoms with Crippen LogP contribution in [0.25, 0.3) is 0 Å². The van der Waals surface area contributed by atoms with E-state index in [1.165, 1.54) is 11.8 Å². The minimum absolute atomic E-state index is 0.0176. The summed E-state index contributed by atoms with van der Waals surface area (Å²) in [6.07, 6.45) is 5.58. The van der Waals surface area contributed by atoms with Crippen molar-refractivity contribution in [3.63, 3.8) is 0 Å². The topological polar surface area (TPSA) is 60.3 Å². The van der Waals surface area contributed by atoms with Crippen LogP contribution in [0.15, 0.2) is 54.7 Å². The SMILES string of the molecule is C=CCN(CC=C)C(=O)CSc1nnc(COc2ccccc2Cl)n1C1CC1. The third-order valence-corrected chi connectivity index (χ3v) is 5.46. The van der Waals surface area contributed by atoms with Crippen LogP contribution < -0.4 is 4.74 Å². The Morgan fingerprint density at radius 3 is 2.64 bits per heavy atom. The number of nitrogens with zero attached hydrogens (tertiary/aromatic N) is 4. The molecule has 1 fully saturated rings. The minimum atomic E-state index is 0.0176. The number of ether oxygens (including phenoxy) is 1. The van der Waals surface area contributed by atoms with Crippen LogP contribution in [0.5, 0.6) is 5.75 Å². The van der Waals surface area contributed by atoms with E-state index in [2.05, 4.69) is 27.9 Å². The molecule has 1 aliphatic rings. The number of hydrogen-bond acceptors (Lipinski definition) is 5. The number of carbonyl (C=O) groups is 1. The largest absolute Gasteiger partial charge is 0.484 e. The molecule has 0 N–H and O–H groups in total. The van der Waals surface area contributed by atoms with Gasteiger partial charge in [0.15, 0.2) is 11.0 Å². The highest BCUT2D eigenvalue weighted by atomic mass is 35.5. The van der Waals surface area contributed by atoms with Gasteiger partial charge in [-0.1, -0.05) is 47.6 Å². The van der Waals surface area contributed by atoms with Gasteiger partial charge in [0, 0.05) is 19.1 Å². The molecule has 0 saturated heterocycles. The molecule has 1 aromatic heterocycles. The highest BCUT2D eigenvalue weighted by Crippen LogP contribution is 2.39. The van der Waals surface area contributed by atoms with E-state index in [4.69, 9.17) is 16.3 Å². The molecule has 1 aromatic carbocycles. The fourth-order valence-electron chi connectivity index (χ4n) is 2.72. The molecule has 0 spiro atoms. The maximum atomic E-state index is 12.5. The predicted octanol–water partition coefficient (Wildman–Crippen LogP) is 4.14. The van der Waals surface area contributed by atoms with Crippen LogP contribution in [0.3, 0.4) is 0 Å². The molecular weight excluding hydrogens is 396 g/mol. The summed E-state index contributed by atoms with van der Waals surface area (Å²) in [5.74, 6) is 1.66. The van der Waals surface area contributed by atoms with Crippen molar-refractivity contribution in [3.05, 3.63) is 60.4 Å². The zero-order chi connectivity index (χ0) is 19.9. The molecular formula is C20H23ClN4O2S. The molecule has 6 nitrogen and oxygen atoms in total. The first-order chi connectivity index (χ1) is 13.6. The van der Waals surface area contributed by atoms with Crippen LogP contribution in [-0.4, -0.2) is 44.4 Å². The molecule has 0 radical (unpaired) electrons. The standard InChI is InChI=1S/C20H23ClN4O2S/c1-3-11-24(12-4-2)19(26)14-28-20-23-22-18(25(20)15-9-10-15)13-27-17-8-6-5-7-16(17)21/h3-8,15H,1-2,9-14H2. The van der Waals surface area contributed by atoms with Crippen LogP contribution in [-0.2, 0) is 11.4 Å². The van der Waals surface area contributed by atoms with Gasteiger partial charge in [-0.25, -0.2) is 0 Å². The van der Waals surface area contributed by atoms with E-state index in [1.807, 2.05) is 18.2 Å². The van der Waals surface area contributed by atoms with Gasteiger partial charge >= 0.3 is 0 Å². The molecule has 8 heteroatoms. The lowest BCUT2D eigenvalue weighted by Crippen LogP contribution is -2.32. The Hall–Kier alpha value is -2.25. The van der Waals surface area contributed by atoms with Gasteiger partial charge in [0.1, 0.15) is 12.4 Å². The summed E-state index contributed by atoms with van der Waals surface area (Å²) < 4.78 is 7.90. The average Bonchev–Trinajstić information content (AvgIpc) is 3.45. The third kappa shape index (κ3) is 5.17. The quantitative estimate of drug-likeness (QED) is 0.405. The molecule has 1 saturated carbocycles. The number of amides is 1. The van der Waals surface area contributed by atoms with Crippen LogP contribution in [0.4, 0.5) is 0 Å². The van der Waals surface area contributed by atoms with E-state index < -0.39 is 0 Å². The number of halogens is 1. The molecule has 0 aliphatic heterocycles. The first-order valence-electron chi connectivity index (χ1n) is 9.07. The summed E-state index contributed by atoms with van der Waals surface area (Å²) in [4.78, 5) is 14.2. The monoisotopic (exact) mass is 418 g/mol. The summed E-state index contributed by atoms with van der Waals surface area (Å²) >= 11 is 7.54. The summed E-state index contributed by atoms with van der Waals surface area (Å²) in [7, 11) is 0. The second kappa shape index (κ2) is 9.80. The molecule has 2 aromatic rings. The number of benzene rings is 1. The van der Waals surface area contributed by atoms with E-state index in [1.54, 1.807) is 23.1 Å². The highest BCUT2D eigenvalue weighted by Gasteiger charge is 2.30. The predicted molar refractivity (Wildman–Crippen MR) is 112 cm³/mol. The highest BCUT2D eigenvalue weighted by molar-refractivity contribution is 7.99. The van der Waals surface area contributed by atoms with E-state index >= 15 is 0 Å². The Kier molecular flexibility index (Phi) is 7.17. The zero-order valence-corrected chi connectivity index (χ0v) is 17.2. The van der Waals surface area contributed by atoms with Gasteiger partial charge in [0.25, 0.3) is 0 Å². The Balaban J connectivity index is 1.66. The second-order valence-electron chi connectivity index (χ2n) is 6.38. The molecule has 3 rings (SSSR count). The average molecular weight is 419 g/mol. The van der Waals surface area contributed by atoms with Crippen molar-refractivity contribution in [1.29, 1.82) is 0 Å². The van der Waals surface area contributed by atoms with E-state index in [-0.39, 0.29) is 18.3 Å². The molecule has 1 amide bonds. The van der Waals surface area contributed by atoms with Gasteiger partial charge in [-0.15, -0.1) is 23.4 Å². The van der Waals surface area contributed by atoms with Gasteiger partial charge < -0.3 is 9.64 Å². The van der Waals surface area contributed by atoms with Crippen LogP contribution in [0, 0.1) is 0 Å². The molecule has 148 valence electrons. The number of para-hydroxylation sites is 1. The van der Waals surface area contributed by atoms with Crippen molar-refractivity contribution in [1.82, 2.24) is 19.7 Å². The zero-order valence-electron chi connectivity index (χ0n) is 15.6. The fraction of sp³-hybridized carbons (Fsp3) is 0.350. The lowest BCUT2D eigenvalue weighted by atomic mass is 10.3. The van der Waals surface area contributed by atoms with Gasteiger partial charge in [-0.2, -0.15) is 0 Å². The number of rotatable bonds is 11. The van der Waals surface area contributed by atoms with Crippen molar-refractivity contribution in [2.75, 3.05) is 18.8 Å². The number of hydrogen-bond donors (Lipinski definition) is 0. The molecule has 28 heavy (non-hydrogen) atoms. The third-order valence-electron chi connectivity index (χ3n) is 4.22. The van der Waals surface area contributed by atoms with Crippen molar-refractivity contribution < 1.29 is 9.53 Å². The smallest absolute Gasteiger partial charge is 0.233 e. The minimum Gasteiger partial charge on any atom is -0.484 e. The maximum Gasteiger partial charge on any atom is 0.233 e. The molecule has 0 bridgehead atoms. The Bertz CT molecular complexity index is 840. The molecule has 1 heterocycles. The first kappa shape index (κ1) is 20.5. The summed E-state index contributed by atoms with van der Waals surface area (Å²) in [5, 5.41) is 9.87. The second-order valence-corrected chi connectivity index (χ2v) is 7.73. The number of carbonyl (C=O) groups excluding carboxylic acids is 1. The van der Waals surface area contributed by atoms with Crippen molar-refractivity contribution in [3.8, 4) is 5.75 Å². The molecule has 0 unspecified atom stereocenters. The van der Waals surface area contributed by atoms with Crippen LogP contribution in [0.1, 0.15) is 24.7 Å². The van der Waals surface area contributed by atoms with Crippen molar-refractivity contribution in [2.45, 2.75) is 30.6 Å². The van der Waals surface area contributed by atoms with Crippen molar-refractivity contribution >= 4 is 29.3 Å². The fourth-order valence-corrected chi connectivity index (χ4v) is 3.83. The summed E-state index contributed by atoms with van der Waals surface area (Å²) in [6.45, 7) is 8.67. The molecule has 0 atom stereocenters. The Morgan fingerprint density at radius 2 is 2.00 bits per heavy atom. The lowest BCUT2D eigenvalue weighted by molar-refractivity contribution is -0.127. The van der Waals surface area contributed by atoms with E-state index in [0.717, 1.165) is 23.8 Å². The van der Waals surface area contributed by atoms with Gasteiger partial charge in [-0.05, 0) is 25.0 Å². The van der Waals surface area contributed by atoms with E-state index in [0.29, 0.717) is 29.9 Å². The van der Waals surface area contributed by atoms with Gasteiger partial charge in [-0.3, -0.25) is 9.36 Å². The molecule has 1 aliphatic carbocycles. The first-order valence-corrected chi connectivity index (χ1v) is 10.4. The summed E-state index contributed by atoms with van der Waals surface area (Å²) in [5.41, 5.74) is 0. The van der Waals surface area contributed by atoms with Crippen molar-refractivity contribution in [2.24, 2.45) is 0 Å². The summed E-state index contributed by atoms with van der Waals surface area (Å²) in [6, 6.07) is 7.71. The number of aromatic nitrogens is 3. The maximum absolute atomic E-state index is 12.5. The normalized spacial score (nSPS) is 13.2. The van der Waals surface area contributed by atoms with Crippen LogP contribution >= 0.6 is 23.4 Å². The number of thioether (sulfide) groups is 1. The van der Waals surface area contributed by atoms with E-state index in [9.17, 15) is 4.79 Å². The van der Waals surface area contributed by atoms with Crippen LogP contribution in [0.2, 0.25) is 5.02 Å².